The first-order valence-electron chi connectivity index (χ1n) is 5.64. The van der Waals surface area contributed by atoms with Gasteiger partial charge < -0.3 is 15.4 Å². The van der Waals surface area contributed by atoms with Gasteiger partial charge in [-0.25, -0.2) is 4.98 Å². The Balaban J connectivity index is 2.25. The quantitative estimate of drug-likeness (QED) is 0.886. The van der Waals surface area contributed by atoms with Gasteiger partial charge in [-0.2, -0.15) is 13.2 Å². The maximum atomic E-state index is 12.9. The Morgan fingerprint density at radius 1 is 1.47 bits per heavy atom. The number of methoxy groups -OCH3 is 1. The van der Waals surface area contributed by atoms with E-state index in [9.17, 15) is 13.2 Å². The first-order valence-corrected chi connectivity index (χ1v) is 6.44. The Hall–Kier alpha value is -0.860. The van der Waals surface area contributed by atoms with Crippen molar-refractivity contribution < 1.29 is 17.9 Å². The number of pyridine rings is 1. The Morgan fingerprint density at radius 2 is 2.21 bits per heavy atom. The second-order valence-electron chi connectivity index (χ2n) is 4.23. The van der Waals surface area contributed by atoms with Crippen molar-refractivity contribution in [2.24, 2.45) is 0 Å². The lowest BCUT2D eigenvalue weighted by molar-refractivity contribution is -0.137. The molecule has 0 spiro atoms. The van der Waals surface area contributed by atoms with Gasteiger partial charge in [0.05, 0.1) is 17.7 Å². The average Bonchev–Trinajstić information content (AvgIpc) is 2.77. The SMILES string of the molecule is CO[C@H]1CNCC1Nc1ncc(Br)cc1C(F)(F)F. The van der Waals surface area contributed by atoms with E-state index in [1.807, 2.05) is 0 Å². The lowest BCUT2D eigenvalue weighted by Gasteiger charge is -2.21. The fraction of sp³-hybridized carbons (Fsp3) is 0.545. The Kier molecular flexibility index (Phi) is 4.32. The van der Waals surface area contributed by atoms with Crippen LogP contribution in [0, 0.1) is 0 Å². The zero-order valence-corrected chi connectivity index (χ0v) is 11.7. The van der Waals surface area contributed by atoms with E-state index in [0.29, 0.717) is 17.6 Å². The minimum atomic E-state index is -4.45. The van der Waals surface area contributed by atoms with Crippen molar-refractivity contribution in [2.75, 3.05) is 25.5 Å². The summed E-state index contributed by atoms with van der Waals surface area (Å²) in [5.74, 6) is -0.175. The van der Waals surface area contributed by atoms with Crippen LogP contribution in [0.2, 0.25) is 0 Å². The molecule has 1 unspecified atom stereocenters. The Bertz CT molecular complexity index is 455. The number of hydrogen-bond acceptors (Lipinski definition) is 4. The summed E-state index contributed by atoms with van der Waals surface area (Å²) in [5.41, 5.74) is -0.788. The van der Waals surface area contributed by atoms with Crippen LogP contribution in [-0.4, -0.2) is 37.3 Å². The monoisotopic (exact) mass is 339 g/mol. The van der Waals surface area contributed by atoms with Crippen molar-refractivity contribution >= 4 is 21.7 Å². The van der Waals surface area contributed by atoms with Crippen molar-refractivity contribution in [1.29, 1.82) is 0 Å². The topological polar surface area (TPSA) is 46.2 Å². The molecule has 19 heavy (non-hydrogen) atoms. The number of rotatable bonds is 3. The third-order valence-electron chi connectivity index (χ3n) is 2.94. The van der Waals surface area contributed by atoms with Crippen LogP contribution >= 0.6 is 15.9 Å². The molecule has 0 saturated carbocycles. The number of nitrogens with zero attached hydrogens (tertiary/aromatic N) is 1. The lowest BCUT2D eigenvalue weighted by Crippen LogP contribution is -2.34. The highest BCUT2D eigenvalue weighted by atomic mass is 79.9. The summed E-state index contributed by atoms with van der Waals surface area (Å²) < 4.78 is 44.3. The Morgan fingerprint density at radius 3 is 2.84 bits per heavy atom. The van der Waals surface area contributed by atoms with E-state index in [-0.39, 0.29) is 18.0 Å². The largest absolute Gasteiger partial charge is 0.419 e. The fourth-order valence-corrected chi connectivity index (χ4v) is 2.32. The van der Waals surface area contributed by atoms with E-state index < -0.39 is 11.7 Å². The molecule has 1 fully saturated rings. The van der Waals surface area contributed by atoms with Crippen LogP contribution in [0.4, 0.5) is 19.0 Å². The maximum absolute atomic E-state index is 12.9. The van der Waals surface area contributed by atoms with E-state index >= 15 is 0 Å². The van der Waals surface area contributed by atoms with E-state index in [1.54, 1.807) is 0 Å². The summed E-state index contributed by atoms with van der Waals surface area (Å²) in [6.45, 7) is 1.14. The molecule has 1 aliphatic heterocycles. The van der Waals surface area contributed by atoms with Gasteiger partial charge in [-0.05, 0) is 22.0 Å². The van der Waals surface area contributed by atoms with Gasteiger partial charge in [0.25, 0.3) is 0 Å². The normalized spacial score (nSPS) is 23.6. The van der Waals surface area contributed by atoms with Crippen LogP contribution in [0.15, 0.2) is 16.7 Å². The summed E-state index contributed by atoms with van der Waals surface area (Å²) in [6.07, 6.45) is -3.29. The first-order chi connectivity index (χ1) is 8.91. The van der Waals surface area contributed by atoms with E-state index in [0.717, 1.165) is 6.07 Å². The second-order valence-corrected chi connectivity index (χ2v) is 5.15. The molecule has 0 amide bonds. The Labute approximate surface area is 116 Å². The standard InChI is InChI=1S/C11H13BrF3N3O/c1-19-9-5-16-4-8(9)18-10-7(11(13,14)15)2-6(12)3-17-10/h2-3,8-9,16H,4-5H2,1H3,(H,17,18)/t8?,9-/m0/s1. The van der Waals surface area contributed by atoms with Gasteiger partial charge in [0.1, 0.15) is 5.82 Å². The van der Waals surface area contributed by atoms with Gasteiger partial charge in [0.2, 0.25) is 0 Å². The van der Waals surface area contributed by atoms with Crippen LogP contribution in [0.25, 0.3) is 0 Å². The zero-order valence-electron chi connectivity index (χ0n) is 10.1. The van der Waals surface area contributed by atoms with E-state index in [4.69, 9.17) is 4.74 Å². The molecule has 0 radical (unpaired) electrons. The summed E-state index contributed by atoms with van der Waals surface area (Å²) in [7, 11) is 1.53. The predicted octanol–water partition coefficient (Wildman–Crippen LogP) is 2.26. The van der Waals surface area contributed by atoms with Gasteiger partial charge in [-0.1, -0.05) is 0 Å². The van der Waals surface area contributed by atoms with Crippen molar-refractivity contribution in [3.05, 3.63) is 22.3 Å². The molecular weight excluding hydrogens is 327 g/mol. The smallest absolute Gasteiger partial charge is 0.378 e. The molecule has 2 rings (SSSR count). The molecule has 0 aromatic carbocycles. The molecule has 4 nitrogen and oxygen atoms in total. The molecule has 2 heterocycles. The molecule has 1 saturated heterocycles. The molecule has 8 heteroatoms. The maximum Gasteiger partial charge on any atom is 0.419 e. The highest BCUT2D eigenvalue weighted by Crippen LogP contribution is 2.35. The predicted molar refractivity (Wildman–Crippen MR) is 68.0 cm³/mol. The number of alkyl halides is 3. The lowest BCUT2D eigenvalue weighted by atomic mass is 10.2. The van der Waals surface area contributed by atoms with E-state index in [1.165, 1.54) is 13.3 Å². The van der Waals surface area contributed by atoms with Crippen LogP contribution < -0.4 is 10.6 Å². The van der Waals surface area contributed by atoms with Crippen molar-refractivity contribution in [3.8, 4) is 0 Å². The summed E-state index contributed by atoms with van der Waals surface area (Å²) in [4.78, 5) is 3.82. The zero-order chi connectivity index (χ0) is 14.0. The number of hydrogen-bond donors (Lipinski definition) is 2. The molecule has 2 atom stereocenters. The van der Waals surface area contributed by atoms with Crippen molar-refractivity contribution in [3.63, 3.8) is 0 Å². The fourth-order valence-electron chi connectivity index (χ4n) is 1.99. The minimum Gasteiger partial charge on any atom is -0.378 e. The third kappa shape index (κ3) is 3.37. The summed E-state index contributed by atoms with van der Waals surface area (Å²) in [5, 5.41) is 5.86. The minimum absolute atomic E-state index is 0.175. The van der Waals surface area contributed by atoms with E-state index in [2.05, 4.69) is 31.5 Å². The molecule has 1 aromatic rings. The second kappa shape index (κ2) is 5.64. The number of ether oxygens (including phenoxy) is 1. The molecule has 1 aromatic heterocycles. The van der Waals surface area contributed by atoms with Crippen LogP contribution in [0.5, 0.6) is 0 Å². The van der Waals surface area contributed by atoms with Crippen molar-refractivity contribution in [2.45, 2.75) is 18.3 Å². The number of halogens is 4. The van der Waals surface area contributed by atoms with Crippen molar-refractivity contribution in [1.82, 2.24) is 10.3 Å². The highest BCUT2D eigenvalue weighted by Gasteiger charge is 2.36. The van der Waals surface area contributed by atoms with Crippen LogP contribution in [-0.2, 0) is 10.9 Å². The number of nitrogens with one attached hydrogen (secondary N) is 2. The van der Waals surface area contributed by atoms with Gasteiger partial charge in [-0.3, -0.25) is 0 Å². The van der Waals surface area contributed by atoms with Crippen LogP contribution in [0.3, 0.4) is 0 Å². The highest BCUT2D eigenvalue weighted by molar-refractivity contribution is 9.10. The van der Waals surface area contributed by atoms with Gasteiger partial charge in [0.15, 0.2) is 0 Å². The summed E-state index contributed by atoms with van der Waals surface area (Å²) in [6, 6.07) is 0.777. The average molecular weight is 340 g/mol. The number of aromatic nitrogens is 1. The third-order valence-corrected chi connectivity index (χ3v) is 3.38. The van der Waals surface area contributed by atoms with Gasteiger partial charge in [0, 0.05) is 30.9 Å². The number of anilines is 1. The summed E-state index contributed by atoms with van der Waals surface area (Å²) >= 11 is 3.00. The van der Waals surface area contributed by atoms with Gasteiger partial charge >= 0.3 is 6.18 Å². The molecule has 106 valence electrons. The van der Waals surface area contributed by atoms with Gasteiger partial charge in [-0.15, -0.1) is 0 Å². The van der Waals surface area contributed by atoms with Crippen LogP contribution in [0.1, 0.15) is 5.56 Å². The molecule has 1 aliphatic rings. The molecule has 0 bridgehead atoms. The molecule has 0 aliphatic carbocycles. The molecular formula is C11H13BrF3N3O. The molecule has 2 N–H and O–H groups in total. The first kappa shape index (κ1) is 14.5.